The molecule has 1 fully saturated rings. The molecule has 31 heavy (non-hydrogen) atoms. The zero-order chi connectivity index (χ0) is 21.2. The van der Waals surface area contributed by atoms with Crippen molar-refractivity contribution in [1.29, 1.82) is 0 Å². The van der Waals surface area contributed by atoms with Gasteiger partial charge in [-0.3, -0.25) is 0 Å². The van der Waals surface area contributed by atoms with Crippen LogP contribution in [0.1, 0.15) is 42.1 Å². The normalized spacial score (nSPS) is 13.6. The molecule has 0 atom stereocenters. The third-order valence-corrected chi connectivity index (χ3v) is 6.12. The van der Waals surface area contributed by atoms with Gasteiger partial charge < -0.3 is 20.9 Å². The summed E-state index contributed by atoms with van der Waals surface area (Å²) in [5, 5.41) is 10.8. The summed E-state index contributed by atoms with van der Waals surface area (Å²) in [5.74, 6) is 0.788. The summed E-state index contributed by atoms with van der Waals surface area (Å²) in [7, 11) is 0. The van der Waals surface area contributed by atoms with E-state index in [0.717, 1.165) is 74.1 Å². The lowest BCUT2D eigenvalue weighted by atomic mass is 10.2. The highest BCUT2D eigenvalue weighted by Gasteiger charge is 2.17. The molecule has 1 aliphatic rings. The average molecular weight is 557 g/mol. The Kier molecular flexibility index (Phi) is 11.1. The number of nitrogens with one attached hydrogen (secondary N) is 3. The summed E-state index contributed by atoms with van der Waals surface area (Å²) in [5.41, 5.74) is 1.87. The van der Waals surface area contributed by atoms with Crippen molar-refractivity contribution in [2.45, 2.75) is 46.1 Å². The molecule has 0 radical (unpaired) electrons. The fourth-order valence-corrected chi connectivity index (χ4v) is 4.16. The molecule has 3 N–H and O–H groups in total. The third-order valence-electron chi connectivity index (χ3n) is 4.92. The van der Waals surface area contributed by atoms with Crippen molar-refractivity contribution < 1.29 is 4.79 Å². The minimum absolute atomic E-state index is 0. The molecule has 0 unspecified atom stereocenters. The number of likely N-dealkylation sites (tertiary alicyclic amines) is 1. The van der Waals surface area contributed by atoms with Gasteiger partial charge in [-0.2, -0.15) is 0 Å². The molecule has 170 valence electrons. The summed E-state index contributed by atoms with van der Waals surface area (Å²) < 4.78 is 0. The minimum atomic E-state index is -0.0171. The van der Waals surface area contributed by atoms with Crippen LogP contribution in [0.25, 0.3) is 0 Å². The molecule has 1 aromatic heterocycles. The van der Waals surface area contributed by atoms with Gasteiger partial charge in [0.05, 0.1) is 11.6 Å². The highest BCUT2D eigenvalue weighted by Crippen LogP contribution is 2.15. The molecule has 7 nitrogen and oxygen atoms in total. The van der Waals surface area contributed by atoms with Crippen LogP contribution in [0.3, 0.4) is 0 Å². The van der Waals surface area contributed by atoms with Gasteiger partial charge in [0, 0.05) is 49.4 Å². The lowest BCUT2D eigenvalue weighted by molar-refractivity contribution is 0.222. The van der Waals surface area contributed by atoms with Gasteiger partial charge in [0.2, 0.25) is 0 Å². The largest absolute Gasteiger partial charge is 0.357 e. The van der Waals surface area contributed by atoms with Crippen LogP contribution in [0.15, 0.2) is 35.5 Å². The number of carbonyl (C=O) groups is 1. The smallest absolute Gasteiger partial charge is 0.321 e. The van der Waals surface area contributed by atoms with Crippen LogP contribution in [-0.2, 0) is 19.4 Å². The average Bonchev–Trinajstić information content (AvgIpc) is 3.44. The lowest BCUT2D eigenvalue weighted by Crippen LogP contribution is -2.38. The van der Waals surface area contributed by atoms with Crippen LogP contribution in [0, 0.1) is 0 Å². The molecule has 2 heterocycles. The first-order valence-electron chi connectivity index (χ1n) is 10.8. The molecule has 1 aromatic carbocycles. The van der Waals surface area contributed by atoms with Crippen molar-refractivity contribution in [2.75, 3.05) is 31.5 Å². The van der Waals surface area contributed by atoms with Gasteiger partial charge in [-0.25, -0.2) is 14.8 Å². The fourth-order valence-electron chi connectivity index (χ4n) is 3.30. The Hall–Kier alpha value is -1.88. The molecule has 0 aliphatic carbocycles. The second-order valence-electron chi connectivity index (χ2n) is 7.27. The molecule has 2 amide bonds. The van der Waals surface area contributed by atoms with Gasteiger partial charge in [-0.15, -0.1) is 35.3 Å². The van der Waals surface area contributed by atoms with Crippen LogP contribution in [-0.4, -0.2) is 48.1 Å². The number of aromatic nitrogens is 1. The SMILES string of the molecule is CCNC(=NCc1cccc(NC(=O)N2CCCC2)c1)NCCc1ncc(CC)s1.I. The van der Waals surface area contributed by atoms with Crippen LogP contribution >= 0.6 is 35.3 Å². The predicted octanol–water partition coefficient (Wildman–Crippen LogP) is 4.25. The van der Waals surface area contributed by atoms with E-state index >= 15 is 0 Å². The van der Waals surface area contributed by atoms with E-state index in [0.29, 0.717) is 6.54 Å². The standard InChI is InChI=1S/C22H32N6OS.HI/c1-3-19-16-25-20(30-19)10-11-24-21(23-4-2)26-15-17-8-7-9-18(14-17)27-22(29)28-12-5-6-13-28;/h7-9,14,16H,3-6,10-13,15H2,1-2H3,(H,27,29)(H2,23,24,26);1H. The van der Waals surface area contributed by atoms with Crippen LogP contribution in [0.2, 0.25) is 0 Å². The van der Waals surface area contributed by atoms with E-state index in [1.807, 2.05) is 35.4 Å². The summed E-state index contributed by atoms with van der Waals surface area (Å²) >= 11 is 1.77. The molecule has 0 spiro atoms. The van der Waals surface area contributed by atoms with Crippen molar-refractivity contribution in [2.24, 2.45) is 4.99 Å². The summed E-state index contributed by atoms with van der Waals surface area (Å²) in [6.07, 6.45) is 6.06. The Morgan fingerprint density at radius 1 is 1.23 bits per heavy atom. The molecule has 1 saturated heterocycles. The molecule has 0 bridgehead atoms. The number of urea groups is 1. The van der Waals surface area contributed by atoms with Crippen LogP contribution < -0.4 is 16.0 Å². The number of anilines is 1. The molecule has 0 saturated carbocycles. The van der Waals surface area contributed by atoms with Crippen molar-refractivity contribution in [3.63, 3.8) is 0 Å². The number of halogens is 1. The third kappa shape index (κ3) is 8.29. The van der Waals surface area contributed by atoms with E-state index in [1.54, 1.807) is 11.3 Å². The van der Waals surface area contributed by atoms with Gasteiger partial charge in [-0.05, 0) is 43.9 Å². The van der Waals surface area contributed by atoms with Crippen molar-refractivity contribution in [1.82, 2.24) is 20.5 Å². The first-order valence-corrected chi connectivity index (χ1v) is 11.6. The number of hydrogen-bond acceptors (Lipinski definition) is 4. The molecular formula is C22H33IN6OS. The summed E-state index contributed by atoms with van der Waals surface area (Å²) in [4.78, 5) is 24.6. The van der Waals surface area contributed by atoms with E-state index in [4.69, 9.17) is 0 Å². The maximum absolute atomic E-state index is 12.3. The molecule has 9 heteroatoms. The Morgan fingerprint density at radius 3 is 2.74 bits per heavy atom. The first kappa shape index (κ1) is 25.4. The number of amides is 2. The number of benzene rings is 1. The predicted molar refractivity (Wildman–Crippen MR) is 140 cm³/mol. The highest BCUT2D eigenvalue weighted by atomic mass is 127. The number of hydrogen-bond donors (Lipinski definition) is 3. The second-order valence-corrected chi connectivity index (χ2v) is 8.47. The molecule has 2 aromatic rings. The maximum atomic E-state index is 12.3. The number of aryl methyl sites for hydroxylation is 1. The number of aliphatic imine (C=N–C) groups is 1. The first-order chi connectivity index (χ1) is 14.7. The van der Waals surface area contributed by atoms with Gasteiger partial charge in [-0.1, -0.05) is 19.1 Å². The fraction of sp³-hybridized carbons (Fsp3) is 0.500. The van der Waals surface area contributed by atoms with Crippen molar-refractivity contribution in [3.8, 4) is 0 Å². The van der Waals surface area contributed by atoms with Crippen molar-refractivity contribution in [3.05, 3.63) is 45.9 Å². The Balaban J connectivity index is 0.00000341. The van der Waals surface area contributed by atoms with E-state index in [-0.39, 0.29) is 30.0 Å². The Labute approximate surface area is 206 Å². The quantitative estimate of drug-likeness (QED) is 0.258. The Morgan fingerprint density at radius 2 is 2.03 bits per heavy atom. The van der Waals surface area contributed by atoms with E-state index < -0.39 is 0 Å². The summed E-state index contributed by atoms with van der Waals surface area (Å²) in [6.45, 7) is 8.02. The lowest BCUT2D eigenvalue weighted by Gasteiger charge is -2.16. The number of rotatable bonds is 8. The van der Waals surface area contributed by atoms with Gasteiger partial charge in [0.25, 0.3) is 0 Å². The number of carbonyl (C=O) groups excluding carboxylic acids is 1. The monoisotopic (exact) mass is 556 g/mol. The van der Waals surface area contributed by atoms with E-state index in [9.17, 15) is 4.79 Å². The van der Waals surface area contributed by atoms with E-state index in [2.05, 4.69) is 39.8 Å². The van der Waals surface area contributed by atoms with Crippen LogP contribution in [0.5, 0.6) is 0 Å². The number of nitrogens with zero attached hydrogens (tertiary/aromatic N) is 3. The molecular weight excluding hydrogens is 523 g/mol. The topological polar surface area (TPSA) is 81.7 Å². The number of guanidine groups is 1. The zero-order valence-corrected chi connectivity index (χ0v) is 21.5. The maximum Gasteiger partial charge on any atom is 0.321 e. The van der Waals surface area contributed by atoms with Crippen LogP contribution in [0.4, 0.5) is 10.5 Å². The van der Waals surface area contributed by atoms with Gasteiger partial charge in [0.15, 0.2) is 5.96 Å². The van der Waals surface area contributed by atoms with Gasteiger partial charge >= 0.3 is 6.03 Å². The number of thiazole rings is 1. The second kappa shape index (κ2) is 13.5. The molecule has 3 rings (SSSR count). The zero-order valence-electron chi connectivity index (χ0n) is 18.3. The van der Waals surface area contributed by atoms with Crippen molar-refractivity contribution >= 4 is 53.0 Å². The minimum Gasteiger partial charge on any atom is -0.357 e. The molecule has 1 aliphatic heterocycles. The highest BCUT2D eigenvalue weighted by molar-refractivity contribution is 14.0. The summed E-state index contributed by atoms with van der Waals surface area (Å²) in [6, 6.07) is 7.88. The van der Waals surface area contributed by atoms with E-state index in [1.165, 1.54) is 4.88 Å². The Bertz CT molecular complexity index is 850. The van der Waals surface area contributed by atoms with Gasteiger partial charge in [0.1, 0.15) is 0 Å².